The van der Waals surface area contributed by atoms with Gasteiger partial charge in [-0.2, -0.15) is 0 Å². The smallest absolute Gasteiger partial charge is 0.329 e. The Morgan fingerprint density at radius 1 is 1.16 bits per heavy atom. The summed E-state index contributed by atoms with van der Waals surface area (Å²) in [6.45, 7) is 2.27. The molecule has 1 aliphatic heterocycles. The maximum Gasteiger partial charge on any atom is 0.343 e. The molecule has 2 amide bonds. The van der Waals surface area contributed by atoms with Gasteiger partial charge in [-0.3, -0.25) is 19.0 Å². The Bertz CT molecular complexity index is 1290. The molecule has 0 bridgehead atoms. The number of thioether (sulfide) groups is 1. The van der Waals surface area contributed by atoms with Crippen LogP contribution in [0.5, 0.6) is 0 Å². The minimum Gasteiger partial charge on any atom is -0.329 e. The number of nitrogens with zero attached hydrogens (tertiary/aromatic N) is 3. The van der Waals surface area contributed by atoms with Crippen molar-refractivity contribution in [2.45, 2.75) is 37.9 Å². The fourth-order valence-corrected chi connectivity index (χ4v) is 6.08. The Balaban J connectivity index is 1.34. The minimum atomic E-state index is -0.773. The SMILES string of the molecule is CCn1c(SCC(=O)ON2C(=O)c3ccccc3C2=O)nc2sc3c(c2c1=O)CCC3. The first-order valence-electron chi connectivity index (χ1n) is 9.86. The van der Waals surface area contributed by atoms with Crippen molar-refractivity contribution in [2.75, 3.05) is 5.75 Å². The molecule has 5 rings (SSSR count). The van der Waals surface area contributed by atoms with Gasteiger partial charge in [-0.1, -0.05) is 29.0 Å². The molecular weight excluding hydrogens is 438 g/mol. The van der Waals surface area contributed by atoms with Gasteiger partial charge in [-0.15, -0.1) is 11.3 Å². The van der Waals surface area contributed by atoms with Crippen molar-refractivity contribution in [1.29, 1.82) is 0 Å². The van der Waals surface area contributed by atoms with E-state index in [9.17, 15) is 19.2 Å². The fourth-order valence-electron chi connectivity index (χ4n) is 3.95. The molecule has 0 radical (unpaired) electrons. The Morgan fingerprint density at radius 3 is 2.55 bits per heavy atom. The molecule has 0 spiro atoms. The normalized spacial score (nSPS) is 14.9. The van der Waals surface area contributed by atoms with Crippen LogP contribution < -0.4 is 5.56 Å². The van der Waals surface area contributed by atoms with Crippen molar-refractivity contribution in [2.24, 2.45) is 0 Å². The zero-order valence-electron chi connectivity index (χ0n) is 16.5. The second-order valence-electron chi connectivity index (χ2n) is 7.18. The van der Waals surface area contributed by atoms with Crippen LogP contribution in [0.15, 0.2) is 34.2 Å². The summed E-state index contributed by atoms with van der Waals surface area (Å²) >= 11 is 2.59. The number of carbonyl (C=O) groups is 3. The number of amides is 2. The van der Waals surface area contributed by atoms with Gasteiger partial charge in [-0.25, -0.2) is 9.78 Å². The lowest BCUT2D eigenvalue weighted by Gasteiger charge is -2.13. The summed E-state index contributed by atoms with van der Waals surface area (Å²) in [5.41, 5.74) is 1.42. The van der Waals surface area contributed by atoms with Crippen molar-refractivity contribution in [1.82, 2.24) is 14.6 Å². The van der Waals surface area contributed by atoms with Crippen LogP contribution in [0.4, 0.5) is 0 Å². The third kappa shape index (κ3) is 3.17. The van der Waals surface area contributed by atoms with E-state index in [2.05, 4.69) is 4.98 Å². The Labute approximate surface area is 184 Å². The minimum absolute atomic E-state index is 0.0943. The van der Waals surface area contributed by atoms with Crippen molar-refractivity contribution in [3.63, 3.8) is 0 Å². The van der Waals surface area contributed by atoms with Crippen LogP contribution in [0.3, 0.4) is 0 Å². The topological polar surface area (TPSA) is 98.6 Å². The summed E-state index contributed by atoms with van der Waals surface area (Å²) in [4.78, 5) is 61.7. The second-order valence-corrected chi connectivity index (χ2v) is 9.21. The first-order valence-corrected chi connectivity index (χ1v) is 11.7. The van der Waals surface area contributed by atoms with Gasteiger partial charge in [0.25, 0.3) is 17.4 Å². The summed E-state index contributed by atoms with van der Waals surface area (Å²) in [6, 6.07) is 6.29. The fraction of sp³-hybridized carbons (Fsp3) is 0.286. The summed E-state index contributed by atoms with van der Waals surface area (Å²) in [5, 5.41) is 1.59. The summed E-state index contributed by atoms with van der Waals surface area (Å²) in [6.07, 6.45) is 2.93. The zero-order chi connectivity index (χ0) is 21.7. The highest BCUT2D eigenvalue weighted by atomic mass is 32.2. The molecule has 0 unspecified atom stereocenters. The summed E-state index contributed by atoms with van der Waals surface area (Å²) < 4.78 is 1.55. The monoisotopic (exact) mass is 455 g/mol. The molecule has 3 heterocycles. The van der Waals surface area contributed by atoms with Crippen LogP contribution in [0.2, 0.25) is 0 Å². The lowest BCUT2D eigenvalue weighted by molar-refractivity contribution is -0.165. The number of benzene rings is 1. The highest BCUT2D eigenvalue weighted by Crippen LogP contribution is 2.35. The average Bonchev–Trinajstić information content (AvgIpc) is 3.41. The Hall–Kier alpha value is -2.98. The van der Waals surface area contributed by atoms with Crippen LogP contribution in [0, 0.1) is 0 Å². The maximum absolute atomic E-state index is 13.0. The number of aromatic nitrogens is 2. The van der Waals surface area contributed by atoms with Gasteiger partial charge in [0.05, 0.1) is 16.5 Å². The standard InChI is InChI=1S/C21H17N3O5S2/c1-2-23-20(28)16-13-8-5-9-14(13)31-17(16)22-21(23)30-10-15(25)29-24-18(26)11-6-3-4-7-12(11)19(24)27/h3-4,6-7H,2,5,8-10H2,1H3. The molecule has 2 aromatic heterocycles. The van der Waals surface area contributed by atoms with E-state index in [-0.39, 0.29) is 22.4 Å². The number of thiophene rings is 1. The number of fused-ring (bicyclic) bond motifs is 4. The van der Waals surface area contributed by atoms with Crippen LogP contribution in [-0.2, 0) is 29.0 Å². The van der Waals surface area contributed by atoms with Crippen LogP contribution in [-0.4, -0.2) is 38.2 Å². The van der Waals surface area contributed by atoms with E-state index in [1.165, 1.54) is 28.3 Å². The molecule has 10 heteroatoms. The Morgan fingerprint density at radius 2 is 1.87 bits per heavy atom. The van der Waals surface area contributed by atoms with E-state index >= 15 is 0 Å². The molecule has 0 saturated carbocycles. The molecule has 158 valence electrons. The molecule has 31 heavy (non-hydrogen) atoms. The largest absolute Gasteiger partial charge is 0.343 e. The van der Waals surface area contributed by atoms with Gasteiger partial charge in [-0.05, 0) is 43.9 Å². The van der Waals surface area contributed by atoms with Gasteiger partial charge < -0.3 is 4.84 Å². The third-order valence-electron chi connectivity index (χ3n) is 5.38. The number of aryl methyl sites for hydroxylation is 2. The lowest BCUT2D eigenvalue weighted by atomic mass is 10.1. The van der Waals surface area contributed by atoms with Crippen molar-refractivity contribution in [3.8, 4) is 0 Å². The molecule has 1 aromatic carbocycles. The number of rotatable bonds is 5. The van der Waals surface area contributed by atoms with E-state index in [1.54, 1.807) is 16.7 Å². The van der Waals surface area contributed by atoms with E-state index < -0.39 is 17.8 Å². The number of hydrogen-bond donors (Lipinski definition) is 0. The highest BCUT2D eigenvalue weighted by molar-refractivity contribution is 7.99. The van der Waals surface area contributed by atoms with Gasteiger partial charge in [0.15, 0.2) is 5.16 Å². The summed E-state index contributed by atoms with van der Waals surface area (Å²) in [7, 11) is 0. The second kappa shape index (κ2) is 7.61. The predicted molar refractivity (Wildman–Crippen MR) is 115 cm³/mol. The van der Waals surface area contributed by atoms with Gasteiger partial charge in [0, 0.05) is 11.4 Å². The van der Waals surface area contributed by atoms with Gasteiger partial charge in [0.1, 0.15) is 10.6 Å². The van der Waals surface area contributed by atoms with Crippen molar-refractivity contribution in [3.05, 3.63) is 56.2 Å². The van der Waals surface area contributed by atoms with E-state index in [0.29, 0.717) is 27.0 Å². The van der Waals surface area contributed by atoms with Crippen LogP contribution in [0.1, 0.15) is 44.5 Å². The van der Waals surface area contributed by atoms with Crippen LogP contribution >= 0.6 is 23.1 Å². The lowest BCUT2D eigenvalue weighted by Crippen LogP contribution is -2.33. The van der Waals surface area contributed by atoms with Crippen molar-refractivity contribution >= 4 is 51.1 Å². The van der Waals surface area contributed by atoms with E-state index in [0.717, 1.165) is 36.6 Å². The van der Waals surface area contributed by atoms with Crippen molar-refractivity contribution < 1.29 is 19.2 Å². The summed E-state index contributed by atoms with van der Waals surface area (Å²) in [5.74, 6) is -2.31. The molecule has 0 atom stereocenters. The molecular formula is C21H17N3O5S2. The molecule has 1 aliphatic carbocycles. The number of hydrogen-bond acceptors (Lipinski definition) is 8. The third-order valence-corrected chi connectivity index (χ3v) is 7.51. The van der Waals surface area contributed by atoms with Gasteiger partial charge >= 0.3 is 5.97 Å². The molecule has 0 N–H and O–H groups in total. The van der Waals surface area contributed by atoms with Crippen LogP contribution in [0.25, 0.3) is 10.2 Å². The first kappa shape index (κ1) is 20.0. The molecule has 0 saturated heterocycles. The predicted octanol–water partition coefficient (Wildman–Crippen LogP) is 2.81. The van der Waals surface area contributed by atoms with Gasteiger partial charge in [0.2, 0.25) is 0 Å². The zero-order valence-corrected chi connectivity index (χ0v) is 18.2. The quantitative estimate of drug-likeness (QED) is 0.331. The maximum atomic E-state index is 13.0. The van der Waals surface area contributed by atoms with E-state index in [4.69, 9.17) is 4.84 Å². The molecule has 8 nitrogen and oxygen atoms in total. The first-order chi connectivity index (χ1) is 15.0. The molecule has 3 aromatic rings. The number of hydroxylamine groups is 2. The Kier molecular flexibility index (Phi) is 4.90. The molecule has 2 aliphatic rings. The number of imide groups is 1. The molecule has 0 fully saturated rings. The average molecular weight is 456 g/mol. The highest BCUT2D eigenvalue weighted by Gasteiger charge is 2.38. The van der Waals surface area contributed by atoms with E-state index in [1.807, 2.05) is 6.92 Å². The number of carbonyl (C=O) groups excluding carboxylic acids is 3.